The number of aromatic nitrogens is 2. The fourth-order valence-corrected chi connectivity index (χ4v) is 2.40. The molecule has 0 unspecified atom stereocenters. The second kappa shape index (κ2) is 7.37. The van der Waals surface area contributed by atoms with E-state index in [9.17, 15) is 4.79 Å². The minimum Gasteiger partial charge on any atom is -0.327 e. The monoisotopic (exact) mass is 318 g/mol. The second-order valence-corrected chi connectivity index (χ2v) is 5.18. The fraction of sp³-hybridized carbons (Fsp3) is 0.105. The summed E-state index contributed by atoms with van der Waals surface area (Å²) < 4.78 is 0. The number of carbonyl (C=O) groups excluding carboxylic acids is 1. The zero-order valence-corrected chi connectivity index (χ0v) is 13.4. The van der Waals surface area contributed by atoms with Gasteiger partial charge in [-0.2, -0.15) is 0 Å². The maximum Gasteiger partial charge on any atom is 0.257 e. The van der Waals surface area contributed by atoms with E-state index in [0.29, 0.717) is 11.3 Å². The number of para-hydroxylation sites is 1. The summed E-state index contributed by atoms with van der Waals surface area (Å²) in [7, 11) is 0. The molecule has 0 aliphatic heterocycles. The van der Waals surface area contributed by atoms with Crippen molar-refractivity contribution < 1.29 is 4.79 Å². The van der Waals surface area contributed by atoms with Gasteiger partial charge in [0.05, 0.1) is 17.4 Å². The molecule has 1 amide bonds. The fourth-order valence-electron chi connectivity index (χ4n) is 2.40. The van der Waals surface area contributed by atoms with Gasteiger partial charge in [-0.3, -0.25) is 9.78 Å². The summed E-state index contributed by atoms with van der Waals surface area (Å²) in [5.74, 6) is 0.635. The molecular formula is C19H18N4O. The Balaban J connectivity index is 1.74. The van der Waals surface area contributed by atoms with Gasteiger partial charge >= 0.3 is 0 Å². The molecule has 2 aromatic heterocycles. The topological polar surface area (TPSA) is 58.1 Å². The maximum absolute atomic E-state index is 12.1. The quantitative estimate of drug-likeness (QED) is 0.775. The summed E-state index contributed by atoms with van der Waals surface area (Å²) >= 11 is 0. The Bertz CT molecular complexity index is 789. The number of hydrogen-bond donors (Lipinski definition) is 1. The average Bonchev–Trinajstić information content (AvgIpc) is 2.65. The van der Waals surface area contributed by atoms with Gasteiger partial charge in [-0.05, 0) is 43.3 Å². The van der Waals surface area contributed by atoms with E-state index in [2.05, 4.69) is 27.1 Å². The highest BCUT2D eigenvalue weighted by atomic mass is 16.1. The molecule has 1 N–H and O–H groups in total. The number of nitrogens with one attached hydrogen (secondary N) is 1. The molecule has 120 valence electrons. The second-order valence-electron chi connectivity index (χ2n) is 5.18. The smallest absolute Gasteiger partial charge is 0.257 e. The molecule has 5 nitrogen and oxygen atoms in total. The van der Waals surface area contributed by atoms with Gasteiger partial charge in [-0.1, -0.05) is 18.2 Å². The van der Waals surface area contributed by atoms with E-state index in [1.54, 1.807) is 24.5 Å². The first-order valence-corrected chi connectivity index (χ1v) is 7.78. The van der Waals surface area contributed by atoms with Gasteiger partial charge in [0.15, 0.2) is 0 Å². The third-order valence-electron chi connectivity index (χ3n) is 3.59. The molecule has 5 heteroatoms. The molecule has 24 heavy (non-hydrogen) atoms. The Morgan fingerprint density at radius 1 is 1.04 bits per heavy atom. The molecule has 1 aromatic carbocycles. The molecule has 0 saturated carbocycles. The first kappa shape index (κ1) is 15.7. The van der Waals surface area contributed by atoms with Crippen molar-refractivity contribution in [3.8, 4) is 0 Å². The summed E-state index contributed by atoms with van der Waals surface area (Å²) in [5, 5.41) is 2.82. The third kappa shape index (κ3) is 3.57. The van der Waals surface area contributed by atoms with Crippen molar-refractivity contribution in [2.75, 3.05) is 16.8 Å². The summed E-state index contributed by atoms with van der Waals surface area (Å²) in [6, 6.07) is 17.3. The summed E-state index contributed by atoms with van der Waals surface area (Å²) in [4.78, 5) is 22.6. The zero-order chi connectivity index (χ0) is 16.8. The van der Waals surface area contributed by atoms with Gasteiger partial charge in [0.1, 0.15) is 5.82 Å². The van der Waals surface area contributed by atoms with Crippen LogP contribution in [0.15, 0.2) is 73.2 Å². The Labute approximate surface area is 141 Å². The van der Waals surface area contributed by atoms with Crippen molar-refractivity contribution in [1.29, 1.82) is 0 Å². The minimum atomic E-state index is -0.201. The van der Waals surface area contributed by atoms with Crippen LogP contribution in [0.5, 0.6) is 0 Å². The number of pyridine rings is 2. The predicted octanol–water partition coefficient (Wildman–Crippen LogP) is 3.89. The lowest BCUT2D eigenvalue weighted by molar-refractivity contribution is 0.102. The number of amides is 1. The summed E-state index contributed by atoms with van der Waals surface area (Å²) in [6.45, 7) is 2.88. The van der Waals surface area contributed by atoms with Crippen LogP contribution < -0.4 is 10.2 Å². The van der Waals surface area contributed by atoms with E-state index in [1.165, 1.54) is 6.20 Å². The molecule has 3 rings (SSSR count). The van der Waals surface area contributed by atoms with E-state index < -0.39 is 0 Å². The van der Waals surface area contributed by atoms with Gasteiger partial charge in [-0.25, -0.2) is 4.98 Å². The van der Waals surface area contributed by atoms with Crippen LogP contribution in [-0.4, -0.2) is 22.4 Å². The number of anilines is 3. The van der Waals surface area contributed by atoms with Crippen LogP contribution in [-0.2, 0) is 0 Å². The molecule has 0 saturated heterocycles. The van der Waals surface area contributed by atoms with E-state index >= 15 is 0 Å². The lowest BCUT2D eigenvalue weighted by Crippen LogP contribution is -2.17. The lowest BCUT2D eigenvalue weighted by atomic mass is 10.2. The SMILES string of the molecule is CCN(c1ccccc1)c1ccc(NC(=O)c2cccnc2)cn1. The van der Waals surface area contributed by atoms with Crippen LogP contribution in [0.3, 0.4) is 0 Å². The molecule has 0 spiro atoms. The average molecular weight is 318 g/mol. The molecule has 2 heterocycles. The van der Waals surface area contributed by atoms with Crippen molar-refractivity contribution in [1.82, 2.24) is 9.97 Å². The summed E-state index contributed by atoms with van der Waals surface area (Å²) in [6.07, 6.45) is 4.83. The Kier molecular flexibility index (Phi) is 4.81. The van der Waals surface area contributed by atoms with Crippen LogP contribution >= 0.6 is 0 Å². The van der Waals surface area contributed by atoms with E-state index in [0.717, 1.165) is 18.1 Å². The largest absolute Gasteiger partial charge is 0.327 e. The van der Waals surface area contributed by atoms with E-state index in [1.807, 2.05) is 42.5 Å². The van der Waals surface area contributed by atoms with Crippen molar-refractivity contribution in [2.24, 2.45) is 0 Å². The van der Waals surface area contributed by atoms with Crippen LogP contribution in [0.2, 0.25) is 0 Å². The van der Waals surface area contributed by atoms with Gasteiger partial charge < -0.3 is 10.2 Å². The van der Waals surface area contributed by atoms with Gasteiger partial charge in [0.2, 0.25) is 0 Å². The molecular weight excluding hydrogens is 300 g/mol. The maximum atomic E-state index is 12.1. The Morgan fingerprint density at radius 2 is 1.88 bits per heavy atom. The number of rotatable bonds is 5. The normalized spacial score (nSPS) is 10.2. The predicted molar refractivity (Wildman–Crippen MR) is 95.5 cm³/mol. The highest BCUT2D eigenvalue weighted by molar-refractivity contribution is 6.03. The third-order valence-corrected chi connectivity index (χ3v) is 3.59. The van der Waals surface area contributed by atoms with Crippen molar-refractivity contribution >= 4 is 23.1 Å². The van der Waals surface area contributed by atoms with Crippen LogP contribution in [0.4, 0.5) is 17.2 Å². The number of nitrogens with zero attached hydrogens (tertiary/aromatic N) is 3. The lowest BCUT2D eigenvalue weighted by Gasteiger charge is -2.22. The van der Waals surface area contributed by atoms with Crippen LogP contribution in [0, 0.1) is 0 Å². The van der Waals surface area contributed by atoms with Gasteiger partial charge in [-0.15, -0.1) is 0 Å². The molecule has 0 radical (unpaired) electrons. The molecule has 0 aliphatic carbocycles. The first-order chi connectivity index (χ1) is 11.8. The molecule has 3 aromatic rings. The molecule has 0 fully saturated rings. The van der Waals surface area contributed by atoms with Gasteiger partial charge in [0.25, 0.3) is 5.91 Å². The Hall–Kier alpha value is -3.21. The standard InChI is InChI=1S/C19H18N4O/c1-2-23(17-8-4-3-5-9-17)18-11-10-16(14-21-18)22-19(24)15-7-6-12-20-13-15/h3-14H,2H2,1H3,(H,22,24). The van der Waals surface area contributed by atoms with E-state index in [4.69, 9.17) is 0 Å². The van der Waals surface area contributed by atoms with Crippen LogP contribution in [0.25, 0.3) is 0 Å². The molecule has 0 atom stereocenters. The van der Waals surface area contributed by atoms with E-state index in [-0.39, 0.29) is 5.91 Å². The molecule has 0 bridgehead atoms. The summed E-state index contributed by atoms with van der Waals surface area (Å²) in [5.41, 5.74) is 2.25. The number of hydrogen-bond acceptors (Lipinski definition) is 4. The number of carbonyl (C=O) groups is 1. The Morgan fingerprint density at radius 3 is 2.50 bits per heavy atom. The molecule has 0 aliphatic rings. The van der Waals surface area contributed by atoms with Gasteiger partial charge in [0, 0.05) is 24.6 Å². The highest BCUT2D eigenvalue weighted by Crippen LogP contribution is 2.23. The van der Waals surface area contributed by atoms with Crippen molar-refractivity contribution in [3.63, 3.8) is 0 Å². The minimum absolute atomic E-state index is 0.201. The zero-order valence-electron chi connectivity index (χ0n) is 13.4. The number of benzene rings is 1. The van der Waals surface area contributed by atoms with Crippen molar-refractivity contribution in [3.05, 3.63) is 78.8 Å². The highest BCUT2D eigenvalue weighted by Gasteiger charge is 2.09. The van der Waals surface area contributed by atoms with Crippen LogP contribution in [0.1, 0.15) is 17.3 Å². The van der Waals surface area contributed by atoms with Crippen molar-refractivity contribution in [2.45, 2.75) is 6.92 Å². The first-order valence-electron chi connectivity index (χ1n) is 7.78.